The van der Waals surface area contributed by atoms with E-state index in [0.29, 0.717) is 37.0 Å². The van der Waals surface area contributed by atoms with E-state index >= 15 is 0 Å². The summed E-state index contributed by atoms with van der Waals surface area (Å²) in [5.74, 6) is -0.362. The highest BCUT2D eigenvalue weighted by Crippen LogP contribution is 2.25. The number of hydrogen-bond donors (Lipinski definition) is 2. The third kappa shape index (κ3) is 5.06. The van der Waals surface area contributed by atoms with Gasteiger partial charge >= 0.3 is 0 Å². The monoisotopic (exact) mass is 499 g/mol. The molecule has 2 aliphatic heterocycles. The molecular formula is C24H27N4O4S2+. The van der Waals surface area contributed by atoms with Gasteiger partial charge in [0.2, 0.25) is 10.0 Å². The zero-order valence-electron chi connectivity index (χ0n) is 18.7. The fourth-order valence-corrected chi connectivity index (χ4v) is 6.85. The number of amides is 1. The van der Waals surface area contributed by atoms with Crippen LogP contribution in [0.2, 0.25) is 0 Å². The molecule has 0 bridgehead atoms. The molecule has 5 rings (SSSR count). The molecule has 0 aliphatic carbocycles. The van der Waals surface area contributed by atoms with Crippen LogP contribution in [0.3, 0.4) is 0 Å². The maximum absolute atomic E-state index is 12.9. The van der Waals surface area contributed by atoms with Gasteiger partial charge in [-0.3, -0.25) is 10.1 Å². The van der Waals surface area contributed by atoms with Crippen LogP contribution >= 0.6 is 11.3 Å². The molecule has 1 aromatic heterocycles. The number of ether oxygens (including phenoxy) is 1. The van der Waals surface area contributed by atoms with Crippen molar-refractivity contribution >= 4 is 32.4 Å². The number of morpholine rings is 1. The number of hydrogen-bond acceptors (Lipinski definition) is 6. The third-order valence-electron chi connectivity index (χ3n) is 6.13. The van der Waals surface area contributed by atoms with Gasteiger partial charge in [-0.15, -0.1) is 0 Å². The van der Waals surface area contributed by atoms with Crippen LogP contribution < -0.4 is 10.2 Å². The molecule has 1 unspecified atom stereocenters. The summed E-state index contributed by atoms with van der Waals surface area (Å²) in [6.07, 6.45) is 0.872. The van der Waals surface area contributed by atoms with Crippen molar-refractivity contribution in [2.75, 3.05) is 38.2 Å². The van der Waals surface area contributed by atoms with Gasteiger partial charge in [-0.25, -0.2) is 13.4 Å². The lowest BCUT2D eigenvalue weighted by molar-refractivity contribution is -0.929. The standard InChI is InChI=1S/C24H26N4O4S2/c29-23(19-7-4-8-20(15-19)34(30,31)28-11-13-32-14-12-28)26-24-25-21-9-10-27(17-22(21)33-24)16-18-5-2-1-3-6-18/h1-8,15H,9-14,16-17H2,(H,25,26,29)/p+1. The lowest BCUT2D eigenvalue weighted by Gasteiger charge is -2.26. The molecule has 2 aliphatic rings. The molecule has 1 atom stereocenters. The number of quaternary nitrogens is 1. The molecule has 10 heteroatoms. The first-order valence-corrected chi connectivity index (χ1v) is 13.6. The van der Waals surface area contributed by atoms with Crippen molar-refractivity contribution in [3.05, 3.63) is 76.3 Å². The SMILES string of the molecule is O=C(Nc1nc2c(s1)C[NH+](Cc1ccccc1)CC2)c1cccc(S(=O)(=O)N2CCOCC2)c1. The van der Waals surface area contributed by atoms with Gasteiger partial charge in [0, 0.05) is 30.6 Å². The van der Waals surface area contributed by atoms with Gasteiger partial charge in [0.05, 0.1) is 35.2 Å². The Kier molecular flexibility index (Phi) is 6.75. The minimum absolute atomic E-state index is 0.112. The molecule has 2 aromatic carbocycles. The van der Waals surface area contributed by atoms with E-state index in [1.165, 1.54) is 43.1 Å². The lowest BCUT2D eigenvalue weighted by atomic mass is 10.1. The van der Waals surface area contributed by atoms with E-state index in [1.54, 1.807) is 12.1 Å². The van der Waals surface area contributed by atoms with Crippen LogP contribution in [0.5, 0.6) is 0 Å². The molecule has 1 fully saturated rings. The van der Waals surface area contributed by atoms with Crippen molar-refractivity contribution in [3.63, 3.8) is 0 Å². The van der Waals surface area contributed by atoms with Gasteiger partial charge in [-0.2, -0.15) is 4.31 Å². The smallest absolute Gasteiger partial charge is 0.257 e. The van der Waals surface area contributed by atoms with Crippen molar-refractivity contribution in [2.45, 2.75) is 24.4 Å². The molecule has 3 heterocycles. The summed E-state index contributed by atoms with van der Waals surface area (Å²) in [7, 11) is -3.67. The van der Waals surface area contributed by atoms with Gasteiger partial charge in [-0.1, -0.05) is 47.7 Å². The molecule has 0 saturated carbocycles. The molecule has 34 heavy (non-hydrogen) atoms. The first-order chi connectivity index (χ1) is 16.5. The Morgan fingerprint density at radius 3 is 2.71 bits per heavy atom. The lowest BCUT2D eigenvalue weighted by Crippen LogP contribution is -3.10. The number of carbonyl (C=O) groups excluding carboxylic acids is 1. The number of nitrogens with zero attached hydrogens (tertiary/aromatic N) is 2. The molecule has 0 spiro atoms. The van der Waals surface area contributed by atoms with E-state index in [1.807, 2.05) is 6.07 Å². The van der Waals surface area contributed by atoms with Gasteiger partial charge in [-0.05, 0) is 18.2 Å². The number of anilines is 1. The third-order valence-corrected chi connectivity index (χ3v) is 9.03. The molecule has 0 radical (unpaired) electrons. The highest BCUT2D eigenvalue weighted by Gasteiger charge is 2.28. The molecular weight excluding hydrogens is 472 g/mol. The Morgan fingerprint density at radius 2 is 1.91 bits per heavy atom. The van der Waals surface area contributed by atoms with Crippen molar-refractivity contribution < 1.29 is 22.8 Å². The summed E-state index contributed by atoms with van der Waals surface area (Å²) >= 11 is 1.50. The van der Waals surface area contributed by atoms with Crippen LogP contribution in [0.25, 0.3) is 0 Å². The van der Waals surface area contributed by atoms with E-state index < -0.39 is 10.0 Å². The maximum atomic E-state index is 12.9. The first kappa shape index (κ1) is 23.1. The second kappa shape index (κ2) is 9.93. The zero-order chi connectivity index (χ0) is 23.5. The topological polar surface area (TPSA) is 93.0 Å². The highest BCUT2D eigenvalue weighted by molar-refractivity contribution is 7.89. The fraction of sp³-hybridized carbons (Fsp3) is 0.333. The Bertz CT molecular complexity index is 1270. The predicted molar refractivity (Wildman–Crippen MR) is 129 cm³/mol. The van der Waals surface area contributed by atoms with Gasteiger partial charge in [0.15, 0.2) is 5.13 Å². The fourth-order valence-electron chi connectivity index (χ4n) is 4.32. The highest BCUT2D eigenvalue weighted by atomic mass is 32.2. The molecule has 3 aromatic rings. The Labute approximate surface area is 203 Å². The van der Waals surface area contributed by atoms with E-state index in [0.717, 1.165) is 31.7 Å². The molecule has 178 valence electrons. The molecule has 8 nitrogen and oxygen atoms in total. The normalized spacial score (nSPS) is 18.9. The average Bonchev–Trinajstić information content (AvgIpc) is 3.27. The zero-order valence-corrected chi connectivity index (χ0v) is 20.3. The van der Waals surface area contributed by atoms with Crippen molar-refractivity contribution in [3.8, 4) is 0 Å². The number of carbonyl (C=O) groups is 1. The quantitative estimate of drug-likeness (QED) is 0.537. The van der Waals surface area contributed by atoms with Crippen molar-refractivity contribution in [1.82, 2.24) is 9.29 Å². The summed E-state index contributed by atoms with van der Waals surface area (Å²) in [6, 6.07) is 16.6. The Balaban J connectivity index is 1.26. The minimum atomic E-state index is -3.67. The number of rotatable bonds is 6. The minimum Gasteiger partial charge on any atom is -0.379 e. The van der Waals surface area contributed by atoms with Gasteiger partial charge in [0.25, 0.3) is 5.91 Å². The van der Waals surface area contributed by atoms with Crippen LogP contribution in [0.4, 0.5) is 5.13 Å². The van der Waals surface area contributed by atoms with Crippen LogP contribution in [-0.4, -0.2) is 56.5 Å². The maximum Gasteiger partial charge on any atom is 0.257 e. The second-order valence-corrected chi connectivity index (χ2v) is 11.5. The average molecular weight is 500 g/mol. The van der Waals surface area contributed by atoms with E-state index in [-0.39, 0.29) is 10.8 Å². The summed E-state index contributed by atoms with van der Waals surface area (Å²) in [6.45, 7) is 4.21. The summed E-state index contributed by atoms with van der Waals surface area (Å²) in [4.78, 5) is 20.3. The summed E-state index contributed by atoms with van der Waals surface area (Å²) < 4.78 is 32.5. The molecule has 2 N–H and O–H groups in total. The number of sulfonamides is 1. The van der Waals surface area contributed by atoms with Crippen LogP contribution in [-0.2, 0) is 34.3 Å². The summed E-state index contributed by atoms with van der Waals surface area (Å²) in [5.41, 5.74) is 2.64. The Morgan fingerprint density at radius 1 is 1.12 bits per heavy atom. The largest absolute Gasteiger partial charge is 0.379 e. The second-order valence-electron chi connectivity index (χ2n) is 8.48. The molecule has 1 saturated heterocycles. The van der Waals surface area contributed by atoms with E-state index in [9.17, 15) is 13.2 Å². The van der Waals surface area contributed by atoms with E-state index in [2.05, 4.69) is 34.6 Å². The van der Waals surface area contributed by atoms with Gasteiger partial charge in [0.1, 0.15) is 13.1 Å². The molecule has 1 amide bonds. The van der Waals surface area contributed by atoms with Gasteiger partial charge < -0.3 is 9.64 Å². The number of fused-ring (bicyclic) bond motifs is 1. The van der Waals surface area contributed by atoms with Crippen molar-refractivity contribution in [1.29, 1.82) is 0 Å². The number of aromatic nitrogens is 1. The van der Waals surface area contributed by atoms with Crippen LogP contribution in [0.1, 0.15) is 26.5 Å². The predicted octanol–water partition coefficient (Wildman–Crippen LogP) is 1.56. The number of nitrogens with one attached hydrogen (secondary N) is 2. The Hall–Kier alpha value is -2.63. The summed E-state index contributed by atoms with van der Waals surface area (Å²) in [5, 5.41) is 3.42. The first-order valence-electron chi connectivity index (χ1n) is 11.3. The number of benzene rings is 2. The van der Waals surface area contributed by atoms with Crippen LogP contribution in [0, 0.1) is 0 Å². The van der Waals surface area contributed by atoms with Crippen LogP contribution in [0.15, 0.2) is 59.5 Å². The van der Waals surface area contributed by atoms with Crippen molar-refractivity contribution in [2.24, 2.45) is 0 Å². The van der Waals surface area contributed by atoms with E-state index in [4.69, 9.17) is 4.74 Å². The number of thiazole rings is 1.